The molecule has 0 bridgehead atoms. The van der Waals surface area contributed by atoms with Crippen LogP contribution in [0.5, 0.6) is 0 Å². The number of ether oxygens (including phenoxy) is 1. The molecule has 0 aromatic heterocycles. The van der Waals surface area contributed by atoms with Crippen LogP contribution >= 0.6 is 0 Å². The summed E-state index contributed by atoms with van der Waals surface area (Å²) in [6, 6.07) is 6.43. The number of unbranched alkanes of at least 4 members (excludes halogenated alkanes) is 3. The molecule has 2 rings (SSSR count). The lowest BCUT2D eigenvalue weighted by Gasteiger charge is -2.35. The lowest BCUT2D eigenvalue weighted by Crippen LogP contribution is -2.45. The number of hydrogen-bond acceptors (Lipinski definition) is 2. The maximum Gasteiger partial charge on any atom is 0.416 e. The average molecular weight is 412 g/mol. The van der Waals surface area contributed by atoms with Crippen LogP contribution < -0.4 is 5.19 Å². The SMILES string of the molecule is C=C(CCCCCCN1CC(C)OC(C)C1)C[Si]c1cccc(C(F)(F)F)c1. The van der Waals surface area contributed by atoms with Crippen molar-refractivity contribution in [2.75, 3.05) is 19.6 Å². The highest BCUT2D eigenvalue weighted by Gasteiger charge is 2.30. The number of benzene rings is 1. The predicted molar refractivity (Wildman–Crippen MR) is 110 cm³/mol. The fraction of sp³-hybridized carbons (Fsp3) is 0.636. The molecule has 2 unspecified atom stereocenters. The van der Waals surface area contributed by atoms with Crippen molar-refractivity contribution in [3.05, 3.63) is 42.0 Å². The smallest absolute Gasteiger partial charge is 0.373 e. The second-order valence-corrected chi connectivity index (χ2v) is 9.15. The molecule has 1 aliphatic rings. The number of nitrogens with zero attached hydrogens (tertiary/aromatic N) is 1. The first kappa shape index (κ1) is 23.2. The third kappa shape index (κ3) is 8.49. The number of halogens is 3. The Morgan fingerprint density at radius 1 is 1.14 bits per heavy atom. The molecule has 0 saturated carbocycles. The standard InChI is InChI=1S/C22H32F3NOSi/c1-17(16-28-21-11-8-10-20(13-21)22(23,24)25)9-6-4-5-7-12-26-14-18(2)27-19(3)15-26/h8,10-11,13,18-19H,1,4-7,9,12,14-16H2,2-3H3. The highest BCUT2D eigenvalue weighted by molar-refractivity contribution is 6.54. The lowest BCUT2D eigenvalue weighted by atomic mass is 10.1. The van der Waals surface area contributed by atoms with E-state index in [2.05, 4.69) is 25.3 Å². The largest absolute Gasteiger partial charge is 0.416 e. The molecule has 1 aromatic carbocycles. The molecule has 1 fully saturated rings. The first-order chi connectivity index (χ1) is 13.2. The van der Waals surface area contributed by atoms with Crippen LogP contribution in [0.2, 0.25) is 6.04 Å². The molecule has 1 aliphatic heterocycles. The van der Waals surface area contributed by atoms with Crippen LogP contribution in [0.4, 0.5) is 13.2 Å². The van der Waals surface area contributed by atoms with Gasteiger partial charge in [-0.3, -0.25) is 4.90 Å². The van der Waals surface area contributed by atoms with Crippen molar-refractivity contribution in [1.29, 1.82) is 0 Å². The minimum atomic E-state index is -4.27. The van der Waals surface area contributed by atoms with Gasteiger partial charge in [-0.1, -0.05) is 47.9 Å². The van der Waals surface area contributed by atoms with Gasteiger partial charge in [0, 0.05) is 13.1 Å². The molecule has 2 nitrogen and oxygen atoms in total. The van der Waals surface area contributed by atoms with Crippen LogP contribution in [0, 0.1) is 0 Å². The van der Waals surface area contributed by atoms with Gasteiger partial charge in [-0.05, 0) is 45.7 Å². The summed E-state index contributed by atoms with van der Waals surface area (Å²) in [6.45, 7) is 11.6. The molecule has 0 amide bonds. The van der Waals surface area contributed by atoms with Crippen molar-refractivity contribution in [3.8, 4) is 0 Å². The van der Waals surface area contributed by atoms with E-state index in [0.29, 0.717) is 21.7 Å². The Labute approximate surface area is 170 Å². The Hall–Kier alpha value is -1.11. The Balaban J connectivity index is 1.56. The zero-order valence-corrected chi connectivity index (χ0v) is 18.0. The van der Waals surface area contributed by atoms with Crippen molar-refractivity contribution < 1.29 is 17.9 Å². The molecule has 28 heavy (non-hydrogen) atoms. The van der Waals surface area contributed by atoms with E-state index in [1.54, 1.807) is 6.07 Å². The van der Waals surface area contributed by atoms with E-state index in [1.807, 2.05) is 0 Å². The van der Waals surface area contributed by atoms with Gasteiger partial charge in [0.2, 0.25) is 0 Å². The highest BCUT2D eigenvalue weighted by atomic mass is 28.2. The third-order valence-corrected chi connectivity index (χ3v) is 6.38. The van der Waals surface area contributed by atoms with E-state index in [-0.39, 0.29) is 0 Å². The number of morpholine rings is 1. The van der Waals surface area contributed by atoms with Crippen LogP contribution in [0.1, 0.15) is 51.5 Å². The van der Waals surface area contributed by atoms with E-state index in [1.165, 1.54) is 31.4 Å². The van der Waals surface area contributed by atoms with Gasteiger partial charge < -0.3 is 4.74 Å². The summed E-state index contributed by atoms with van der Waals surface area (Å²) in [5, 5.41) is 0.755. The van der Waals surface area contributed by atoms with Gasteiger partial charge in [-0.25, -0.2) is 0 Å². The molecule has 2 radical (unpaired) electrons. The molecular weight excluding hydrogens is 379 g/mol. The summed E-state index contributed by atoms with van der Waals surface area (Å²) in [5.41, 5.74) is 0.582. The minimum absolute atomic E-state index is 0.324. The average Bonchev–Trinajstić information content (AvgIpc) is 2.61. The van der Waals surface area contributed by atoms with Crippen LogP contribution in [0.15, 0.2) is 36.4 Å². The summed E-state index contributed by atoms with van der Waals surface area (Å²) in [4.78, 5) is 2.49. The fourth-order valence-electron chi connectivity index (χ4n) is 3.65. The molecule has 1 saturated heterocycles. The molecular formula is C22H32F3NOSi. The van der Waals surface area contributed by atoms with Gasteiger partial charge in [0.05, 0.1) is 27.3 Å². The summed E-state index contributed by atoms with van der Waals surface area (Å²) >= 11 is 0. The van der Waals surface area contributed by atoms with Gasteiger partial charge in [-0.15, -0.1) is 6.58 Å². The first-order valence-corrected chi connectivity index (χ1v) is 11.4. The van der Waals surface area contributed by atoms with Gasteiger partial charge in [0.1, 0.15) is 0 Å². The van der Waals surface area contributed by atoms with Crippen molar-refractivity contribution in [2.45, 2.75) is 70.4 Å². The van der Waals surface area contributed by atoms with Crippen molar-refractivity contribution in [3.63, 3.8) is 0 Å². The monoisotopic (exact) mass is 411 g/mol. The van der Waals surface area contributed by atoms with E-state index in [0.717, 1.165) is 55.3 Å². The van der Waals surface area contributed by atoms with Crippen LogP contribution in [0.3, 0.4) is 0 Å². The first-order valence-electron chi connectivity index (χ1n) is 10.2. The van der Waals surface area contributed by atoms with Gasteiger partial charge in [0.25, 0.3) is 0 Å². The van der Waals surface area contributed by atoms with E-state index in [4.69, 9.17) is 4.74 Å². The van der Waals surface area contributed by atoms with Crippen LogP contribution in [0.25, 0.3) is 0 Å². The molecule has 2 atom stereocenters. The Kier molecular flexibility index (Phi) is 9.24. The van der Waals surface area contributed by atoms with Crippen LogP contribution in [-0.2, 0) is 10.9 Å². The number of allylic oxidation sites excluding steroid dienone is 1. The summed E-state index contributed by atoms with van der Waals surface area (Å²) < 4.78 is 44.1. The third-order valence-electron chi connectivity index (χ3n) is 4.98. The van der Waals surface area contributed by atoms with Gasteiger partial charge in [0.15, 0.2) is 0 Å². The molecule has 1 aromatic rings. The second kappa shape index (κ2) is 11.2. The topological polar surface area (TPSA) is 12.5 Å². The summed E-state index contributed by atoms with van der Waals surface area (Å²) in [5.74, 6) is 0. The maximum absolute atomic E-state index is 12.8. The van der Waals surface area contributed by atoms with E-state index >= 15 is 0 Å². The fourth-order valence-corrected chi connectivity index (χ4v) is 4.75. The van der Waals surface area contributed by atoms with Crippen molar-refractivity contribution in [1.82, 2.24) is 4.90 Å². The zero-order chi connectivity index (χ0) is 20.6. The Bertz CT molecular complexity index is 610. The molecule has 6 heteroatoms. The molecule has 0 spiro atoms. The molecule has 1 heterocycles. The van der Waals surface area contributed by atoms with Crippen molar-refractivity contribution in [2.24, 2.45) is 0 Å². The molecule has 0 N–H and O–H groups in total. The van der Waals surface area contributed by atoms with Gasteiger partial charge in [-0.2, -0.15) is 13.2 Å². The lowest BCUT2D eigenvalue weighted by molar-refractivity contribution is -0.137. The molecule has 0 aliphatic carbocycles. The maximum atomic E-state index is 12.8. The second-order valence-electron chi connectivity index (χ2n) is 7.86. The van der Waals surface area contributed by atoms with E-state index in [9.17, 15) is 13.2 Å². The minimum Gasteiger partial charge on any atom is -0.373 e. The van der Waals surface area contributed by atoms with E-state index < -0.39 is 11.7 Å². The predicted octanol–water partition coefficient (Wildman–Crippen LogP) is 5.07. The number of hydrogen-bond donors (Lipinski definition) is 0. The van der Waals surface area contributed by atoms with Crippen molar-refractivity contribution >= 4 is 14.7 Å². The molecule has 156 valence electrons. The van der Waals surface area contributed by atoms with Gasteiger partial charge >= 0.3 is 6.18 Å². The quantitative estimate of drug-likeness (QED) is 0.303. The Morgan fingerprint density at radius 3 is 2.50 bits per heavy atom. The summed E-state index contributed by atoms with van der Waals surface area (Å²) in [7, 11) is 0.352. The number of rotatable bonds is 10. The highest BCUT2D eigenvalue weighted by Crippen LogP contribution is 2.28. The number of alkyl halides is 3. The van der Waals surface area contributed by atoms with Crippen LogP contribution in [-0.4, -0.2) is 46.3 Å². The summed E-state index contributed by atoms with van der Waals surface area (Å²) in [6.07, 6.45) is 2.06. The zero-order valence-electron chi connectivity index (χ0n) is 17.0. The normalized spacial score (nSPS) is 21.0. The Morgan fingerprint density at radius 2 is 1.82 bits per heavy atom.